The summed E-state index contributed by atoms with van der Waals surface area (Å²) in [5.74, 6) is 1.18. The average Bonchev–Trinajstić information content (AvgIpc) is 3.01. The quantitative estimate of drug-likeness (QED) is 0.0791. The molecule has 1 aliphatic rings. The van der Waals surface area contributed by atoms with Crippen LogP contribution in [0, 0.1) is 44.1 Å². The van der Waals surface area contributed by atoms with Gasteiger partial charge in [-0.1, -0.05) is 67.5 Å². The number of hydrogen-bond donors (Lipinski definition) is 1. The van der Waals surface area contributed by atoms with E-state index in [1.807, 2.05) is 33.9 Å². The molecule has 255 valence electrons. The molecule has 0 amide bonds. The van der Waals surface area contributed by atoms with Gasteiger partial charge in [-0.3, -0.25) is 9.78 Å². The van der Waals surface area contributed by atoms with Crippen molar-refractivity contribution in [2.75, 3.05) is 0 Å². The second kappa shape index (κ2) is 17.0. The molecule has 2 heterocycles. The van der Waals surface area contributed by atoms with Crippen LogP contribution in [0.3, 0.4) is 0 Å². The predicted molar refractivity (Wildman–Crippen MR) is 194 cm³/mol. The van der Waals surface area contributed by atoms with Crippen LogP contribution in [0.5, 0.6) is 0 Å². The summed E-state index contributed by atoms with van der Waals surface area (Å²) >= 11 is 0. The molecule has 0 unspecified atom stereocenters. The van der Waals surface area contributed by atoms with Gasteiger partial charge in [0.2, 0.25) is 0 Å². The molecule has 0 saturated heterocycles. The second-order valence-electron chi connectivity index (χ2n) is 14.3. The first-order valence-electron chi connectivity index (χ1n) is 17.5. The summed E-state index contributed by atoms with van der Waals surface area (Å²) < 4.78 is 0. The maximum Gasteiger partial charge on any atom is 0.162 e. The summed E-state index contributed by atoms with van der Waals surface area (Å²) in [6, 6.07) is 16.8. The summed E-state index contributed by atoms with van der Waals surface area (Å²) in [6.07, 6.45) is 12.0. The van der Waals surface area contributed by atoms with Gasteiger partial charge in [-0.25, -0.2) is 0 Å². The third-order valence-electron chi connectivity index (χ3n) is 10.1. The van der Waals surface area contributed by atoms with E-state index in [2.05, 4.69) is 77.1 Å². The van der Waals surface area contributed by atoms with Crippen molar-refractivity contribution in [3.8, 4) is 11.3 Å². The first kappa shape index (κ1) is 38.6. The Labute approximate surface area is 297 Å². The SMILES string of the molecule is CCC(CC)C(=O)/C=C(\O)C(CC)CC.Cc1[c-]c(-c2nccc3c2ccc2c(C4CCC(C)(C)CC4)cc(C)nc23)cc(C)c1.[Ir]. The number of aliphatic hydroxyl groups excluding tert-OH is 1. The van der Waals surface area contributed by atoms with E-state index in [4.69, 9.17) is 9.97 Å². The number of aryl methyl sites for hydroxylation is 3. The number of benzene rings is 2. The molecular formula is C42H55IrN2O2-. The minimum absolute atomic E-state index is 0. The summed E-state index contributed by atoms with van der Waals surface area (Å²) in [7, 11) is 0. The van der Waals surface area contributed by atoms with Crippen molar-refractivity contribution in [1.29, 1.82) is 0 Å². The predicted octanol–water partition coefficient (Wildman–Crippen LogP) is 11.7. The van der Waals surface area contributed by atoms with E-state index < -0.39 is 0 Å². The van der Waals surface area contributed by atoms with Gasteiger partial charge in [0.25, 0.3) is 0 Å². The summed E-state index contributed by atoms with van der Waals surface area (Å²) in [4.78, 5) is 21.5. The molecule has 47 heavy (non-hydrogen) atoms. The van der Waals surface area contributed by atoms with Crippen LogP contribution in [0.1, 0.15) is 121 Å². The Kier molecular flexibility index (Phi) is 13.9. The van der Waals surface area contributed by atoms with E-state index in [1.54, 1.807) is 0 Å². The van der Waals surface area contributed by atoms with E-state index in [0.717, 1.165) is 59.1 Å². The Morgan fingerprint density at radius 1 is 0.915 bits per heavy atom. The van der Waals surface area contributed by atoms with Crippen LogP contribution in [0.15, 0.2) is 54.4 Å². The minimum atomic E-state index is 0. The van der Waals surface area contributed by atoms with Crippen LogP contribution in [0.2, 0.25) is 0 Å². The van der Waals surface area contributed by atoms with Crippen molar-refractivity contribution in [1.82, 2.24) is 9.97 Å². The average molecular weight is 812 g/mol. The van der Waals surface area contributed by atoms with Crippen molar-refractivity contribution in [3.05, 3.63) is 82.9 Å². The van der Waals surface area contributed by atoms with Crippen LogP contribution in [-0.4, -0.2) is 20.9 Å². The monoisotopic (exact) mass is 812 g/mol. The molecule has 5 heteroatoms. The van der Waals surface area contributed by atoms with E-state index in [1.165, 1.54) is 53.7 Å². The van der Waals surface area contributed by atoms with Crippen molar-refractivity contribution in [2.24, 2.45) is 17.3 Å². The Balaban J connectivity index is 0.000000322. The van der Waals surface area contributed by atoms with Crippen LogP contribution in [-0.2, 0) is 24.9 Å². The number of hydrogen-bond acceptors (Lipinski definition) is 4. The van der Waals surface area contributed by atoms with Gasteiger partial charge in [0, 0.05) is 60.7 Å². The molecule has 0 atom stereocenters. The fourth-order valence-corrected chi connectivity index (χ4v) is 7.17. The zero-order chi connectivity index (χ0) is 33.6. The van der Waals surface area contributed by atoms with E-state index >= 15 is 0 Å². The zero-order valence-corrected chi connectivity index (χ0v) is 32.5. The maximum absolute atomic E-state index is 11.7. The normalized spacial score (nSPS) is 15.1. The smallest absolute Gasteiger partial charge is 0.162 e. The Bertz CT molecular complexity index is 1670. The molecule has 0 spiro atoms. The summed E-state index contributed by atoms with van der Waals surface area (Å²) in [5.41, 5.74) is 8.62. The number of carbonyl (C=O) groups is 1. The Morgan fingerprint density at radius 2 is 1.53 bits per heavy atom. The van der Waals surface area contributed by atoms with Crippen LogP contribution < -0.4 is 0 Å². The zero-order valence-electron chi connectivity index (χ0n) is 30.1. The molecule has 1 radical (unpaired) electrons. The molecule has 2 aromatic carbocycles. The molecule has 5 rings (SSSR count). The minimum Gasteiger partial charge on any atom is -0.512 e. The van der Waals surface area contributed by atoms with Gasteiger partial charge >= 0.3 is 0 Å². The van der Waals surface area contributed by atoms with Gasteiger partial charge in [-0.05, 0) is 98.4 Å². The van der Waals surface area contributed by atoms with Gasteiger partial charge in [0.1, 0.15) is 0 Å². The van der Waals surface area contributed by atoms with Crippen molar-refractivity contribution < 1.29 is 30.0 Å². The number of ketones is 1. The van der Waals surface area contributed by atoms with Gasteiger partial charge in [0.15, 0.2) is 5.78 Å². The first-order chi connectivity index (χ1) is 21.9. The van der Waals surface area contributed by atoms with Crippen molar-refractivity contribution in [2.45, 2.75) is 120 Å². The number of nitrogens with zero attached hydrogens (tertiary/aromatic N) is 2. The molecule has 1 saturated carbocycles. The topological polar surface area (TPSA) is 63.1 Å². The molecule has 4 nitrogen and oxygen atoms in total. The molecule has 1 aliphatic carbocycles. The molecule has 2 aromatic heterocycles. The molecule has 1 fully saturated rings. The van der Waals surface area contributed by atoms with Crippen LogP contribution in [0.25, 0.3) is 32.9 Å². The summed E-state index contributed by atoms with van der Waals surface area (Å²) in [6.45, 7) is 19.2. The van der Waals surface area contributed by atoms with Gasteiger partial charge < -0.3 is 10.1 Å². The van der Waals surface area contributed by atoms with Gasteiger partial charge in [-0.15, -0.1) is 34.9 Å². The largest absolute Gasteiger partial charge is 0.512 e. The Morgan fingerprint density at radius 3 is 2.13 bits per heavy atom. The van der Waals surface area contributed by atoms with Crippen LogP contribution in [0.4, 0.5) is 0 Å². The molecule has 0 bridgehead atoms. The van der Waals surface area contributed by atoms with E-state index in [-0.39, 0.29) is 43.5 Å². The fraction of sp³-hybridized carbons (Fsp3) is 0.500. The van der Waals surface area contributed by atoms with E-state index in [9.17, 15) is 9.90 Å². The molecule has 1 N–H and O–H groups in total. The number of carbonyl (C=O) groups excluding carboxylic acids is 1. The number of allylic oxidation sites excluding steroid dienone is 2. The van der Waals surface area contributed by atoms with Gasteiger partial charge in [-0.2, -0.15) is 0 Å². The van der Waals surface area contributed by atoms with Crippen molar-refractivity contribution >= 4 is 27.5 Å². The second-order valence-corrected chi connectivity index (χ2v) is 14.3. The molecular weight excluding hydrogens is 757 g/mol. The number of rotatable bonds is 9. The number of aliphatic hydroxyl groups is 1. The number of aromatic nitrogens is 2. The number of pyridine rings is 2. The maximum atomic E-state index is 11.7. The molecule has 4 aromatic rings. The van der Waals surface area contributed by atoms with Crippen molar-refractivity contribution in [3.63, 3.8) is 0 Å². The summed E-state index contributed by atoms with van der Waals surface area (Å²) in [5, 5.41) is 13.4. The van der Waals surface area contributed by atoms with Crippen LogP contribution >= 0.6 is 0 Å². The van der Waals surface area contributed by atoms with Gasteiger partial charge in [0.05, 0.1) is 11.3 Å². The van der Waals surface area contributed by atoms with E-state index in [0.29, 0.717) is 11.3 Å². The third-order valence-corrected chi connectivity index (χ3v) is 10.1. The Hall–Kier alpha value is -2.88. The first-order valence-corrected chi connectivity index (χ1v) is 17.5. The fourth-order valence-electron chi connectivity index (χ4n) is 7.17. The third kappa shape index (κ3) is 9.39. The standard InChI is InChI=1S/C29H31N2.C13H24O2.Ir/c1-18-14-19(2)16-22(15-18)27-23-6-7-24-26(21-8-11-29(4,5)12-9-21)17-20(3)31-28(24)25(23)10-13-30-27;1-5-10(6-2)12(14)9-13(15)11(7-3)8-4;/h6-7,10,13-15,17,21H,8-9,11-12H2,1-5H3;9-11,14H,5-8H2,1-4H3;/q-1;;/b;12-9-;. The number of fused-ring (bicyclic) bond motifs is 3. The molecule has 0 aliphatic heterocycles.